The minimum atomic E-state index is -3.01. The van der Waals surface area contributed by atoms with Gasteiger partial charge in [0.15, 0.2) is 9.84 Å². The summed E-state index contributed by atoms with van der Waals surface area (Å²) < 4.78 is 24.9. The molecule has 2 aliphatic rings. The minimum Gasteiger partial charge on any atom is -0.376 e. The lowest BCUT2D eigenvalue weighted by Crippen LogP contribution is -2.50. The number of rotatable bonds is 5. The Kier molecular flexibility index (Phi) is 6.28. The monoisotopic (exact) mass is 442 g/mol. The Morgan fingerprint density at radius 2 is 1.92 bits per heavy atom. The van der Waals surface area contributed by atoms with Crippen LogP contribution in [0.4, 0.5) is 5.69 Å². The molecule has 1 aromatic carbocycles. The largest absolute Gasteiger partial charge is 0.376 e. The molecule has 26 heavy (non-hydrogen) atoms. The van der Waals surface area contributed by atoms with Crippen LogP contribution in [0.15, 0.2) is 22.7 Å². The Hall–Kier alpha value is -1.08. The molecule has 1 aliphatic carbocycles. The van der Waals surface area contributed by atoms with Gasteiger partial charge < -0.3 is 10.2 Å². The first-order valence-electron chi connectivity index (χ1n) is 9.37. The van der Waals surface area contributed by atoms with Gasteiger partial charge in [-0.3, -0.25) is 4.79 Å². The molecule has 1 saturated heterocycles. The summed E-state index contributed by atoms with van der Waals surface area (Å²) in [7, 11) is -3.01. The molecule has 5 nitrogen and oxygen atoms in total. The van der Waals surface area contributed by atoms with Crippen molar-refractivity contribution in [3.63, 3.8) is 0 Å². The number of nitrogens with one attached hydrogen (secondary N) is 1. The van der Waals surface area contributed by atoms with Crippen LogP contribution < -0.4 is 5.32 Å². The quantitative estimate of drug-likeness (QED) is 0.757. The number of carbonyl (C=O) groups excluding carboxylic acids is 1. The number of hydrogen-bond acceptors (Lipinski definition) is 4. The van der Waals surface area contributed by atoms with Crippen molar-refractivity contribution in [1.82, 2.24) is 4.90 Å². The molecule has 3 rings (SSSR count). The Balaban J connectivity index is 1.70. The highest BCUT2D eigenvalue weighted by atomic mass is 79.9. The standard InChI is InChI=1S/C19H27BrN2O3S/c1-14-11-15(7-8-18(14)20)21-12-19(23)22(16-5-3-2-4-6-16)17-9-10-26(24,25)13-17/h7-8,11,16-17,21H,2-6,9-10,12-13H2,1H3. The number of sulfone groups is 1. The summed E-state index contributed by atoms with van der Waals surface area (Å²) in [6.45, 7) is 2.21. The zero-order valence-electron chi connectivity index (χ0n) is 15.2. The number of carbonyl (C=O) groups is 1. The molecule has 2 fully saturated rings. The van der Waals surface area contributed by atoms with E-state index in [2.05, 4.69) is 21.2 Å². The van der Waals surface area contributed by atoms with Crippen LogP contribution in [0.1, 0.15) is 44.1 Å². The van der Waals surface area contributed by atoms with Crippen LogP contribution in [-0.2, 0) is 14.6 Å². The number of hydrogen-bond donors (Lipinski definition) is 1. The van der Waals surface area contributed by atoms with Crippen LogP contribution >= 0.6 is 15.9 Å². The van der Waals surface area contributed by atoms with Gasteiger partial charge in [-0.05, 0) is 49.9 Å². The van der Waals surface area contributed by atoms with E-state index in [1.54, 1.807) is 0 Å². The predicted octanol–water partition coefficient (Wildman–Crippen LogP) is 3.52. The molecule has 1 N–H and O–H groups in total. The van der Waals surface area contributed by atoms with Gasteiger partial charge in [-0.15, -0.1) is 0 Å². The van der Waals surface area contributed by atoms with Gasteiger partial charge in [-0.25, -0.2) is 8.42 Å². The average molecular weight is 443 g/mol. The van der Waals surface area contributed by atoms with E-state index >= 15 is 0 Å². The van der Waals surface area contributed by atoms with E-state index in [-0.39, 0.29) is 36.0 Å². The van der Waals surface area contributed by atoms with E-state index in [9.17, 15) is 13.2 Å². The first-order chi connectivity index (χ1) is 12.4. The van der Waals surface area contributed by atoms with Gasteiger partial charge in [0.25, 0.3) is 0 Å². The summed E-state index contributed by atoms with van der Waals surface area (Å²) in [5, 5.41) is 3.21. The highest BCUT2D eigenvalue weighted by molar-refractivity contribution is 9.10. The van der Waals surface area contributed by atoms with E-state index in [1.165, 1.54) is 6.42 Å². The smallest absolute Gasteiger partial charge is 0.242 e. The van der Waals surface area contributed by atoms with Crippen molar-refractivity contribution in [1.29, 1.82) is 0 Å². The lowest BCUT2D eigenvalue weighted by atomic mass is 9.93. The second-order valence-electron chi connectivity index (χ2n) is 7.47. The molecule has 0 spiro atoms. The molecule has 1 heterocycles. The highest BCUT2D eigenvalue weighted by Crippen LogP contribution is 2.28. The van der Waals surface area contributed by atoms with E-state index in [0.29, 0.717) is 6.42 Å². The van der Waals surface area contributed by atoms with Gasteiger partial charge in [0, 0.05) is 22.2 Å². The number of aryl methyl sites for hydroxylation is 1. The minimum absolute atomic E-state index is 0.0135. The molecule has 1 aliphatic heterocycles. The second-order valence-corrected chi connectivity index (χ2v) is 10.6. The van der Waals surface area contributed by atoms with E-state index in [4.69, 9.17) is 0 Å². The van der Waals surface area contributed by atoms with Crippen LogP contribution in [0.5, 0.6) is 0 Å². The van der Waals surface area contributed by atoms with Crippen molar-refractivity contribution >= 4 is 37.4 Å². The summed E-state index contributed by atoms with van der Waals surface area (Å²) >= 11 is 3.48. The second kappa shape index (κ2) is 8.30. The van der Waals surface area contributed by atoms with Crippen LogP contribution in [0.2, 0.25) is 0 Å². The predicted molar refractivity (Wildman–Crippen MR) is 108 cm³/mol. The maximum atomic E-state index is 13.0. The first kappa shape index (κ1) is 19.7. The first-order valence-corrected chi connectivity index (χ1v) is 12.0. The average Bonchev–Trinajstić information content (AvgIpc) is 2.96. The Bertz CT molecular complexity index is 760. The molecule has 0 radical (unpaired) electrons. The van der Waals surface area contributed by atoms with Gasteiger partial charge in [-0.2, -0.15) is 0 Å². The summed E-state index contributed by atoms with van der Waals surface area (Å²) in [6.07, 6.45) is 5.99. The highest BCUT2D eigenvalue weighted by Gasteiger charge is 2.38. The van der Waals surface area contributed by atoms with Crippen molar-refractivity contribution < 1.29 is 13.2 Å². The van der Waals surface area contributed by atoms with E-state index in [1.807, 2.05) is 30.0 Å². The van der Waals surface area contributed by atoms with Crippen LogP contribution in [0.3, 0.4) is 0 Å². The van der Waals surface area contributed by atoms with Crippen LogP contribution in [0.25, 0.3) is 0 Å². The van der Waals surface area contributed by atoms with Gasteiger partial charge in [0.2, 0.25) is 5.91 Å². The normalized spacial score (nSPS) is 22.9. The molecule has 0 aromatic heterocycles. The van der Waals surface area contributed by atoms with Crippen molar-refractivity contribution in [2.45, 2.75) is 57.5 Å². The molecule has 7 heteroatoms. The fourth-order valence-corrected chi connectivity index (χ4v) is 6.04. The van der Waals surface area contributed by atoms with Crippen LogP contribution in [-0.4, -0.2) is 49.4 Å². The third kappa shape index (κ3) is 4.80. The molecular weight excluding hydrogens is 416 g/mol. The van der Waals surface area contributed by atoms with E-state index in [0.717, 1.165) is 41.4 Å². The third-order valence-electron chi connectivity index (χ3n) is 5.46. The lowest BCUT2D eigenvalue weighted by molar-refractivity contribution is -0.134. The fraction of sp³-hybridized carbons (Fsp3) is 0.632. The van der Waals surface area contributed by atoms with Gasteiger partial charge >= 0.3 is 0 Å². The third-order valence-corrected chi connectivity index (χ3v) is 8.10. The molecule has 1 amide bonds. The number of halogens is 1. The van der Waals surface area contributed by atoms with E-state index < -0.39 is 9.84 Å². The molecule has 1 unspecified atom stereocenters. The van der Waals surface area contributed by atoms with Crippen molar-refractivity contribution in [3.8, 4) is 0 Å². The summed E-state index contributed by atoms with van der Waals surface area (Å²) in [6, 6.07) is 5.93. The maximum Gasteiger partial charge on any atom is 0.242 e. The van der Waals surface area contributed by atoms with Crippen LogP contribution in [0, 0.1) is 6.92 Å². The summed E-state index contributed by atoms with van der Waals surface area (Å²) in [5.74, 6) is 0.333. The summed E-state index contributed by atoms with van der Waals surface area (Å²) in [4.78, 5) is 14.9. The molecule has 1 atom stereocenters. The molecule has 1 aromatic rings. The number of nitrogens with zero attached hydrogens (tertiary/aromatic N) is 1. The van der Waals surface area contributed by atoms with Crippen molar-refractivity contribution in [3.05, 3.63) is 28.2 Å². The molecule has 1 saturated carbocycles. The SMILES string of the molecule is Cc1cc(NCC(=O)N(C2CCCCC2)C2CCS(=O)(=O)C2)ccc1Br. The lowest BCUT2D eigenvalue weighted by Gasteiger charge is -2.38. The van der Waals surface area contributed by atoms with Gasteiger partial charge in [0.05, 0.1) is 18.1 Å². The fourth-order valence-electron chi connectivity index (χ4n) is 4.08. The molecule has 0 bridgehead atoms. The molecule has 144 valence electrons. The Morgan fingerprint density at radius 1 is 1.19 bits per heavy atom. The topological polar surface area (TPSA) is 66.5 Å². The number of amides is 1. The van der Waals surface area contributed by atoms with Gasteiger partial charge in [0.1, 0.15) is 0 Å². The Labute approximate surface area is 164 Å². The van der Waals surface area contributed by atoms with Crippen molar-refractivity contribution in [2.75, 3.05) is 23.4 Å². The number of benzene rings is 1. The summed E-state index contributed by atoms with van der Waals surface area (Å²) in [5.41, 5.74) is 2.01. The number of anilines is 1. The Morgan fingerprint density at radius 3 is 2.54 bits per heavy atom. The van der Waals surface area contributed by atoms with Gasteiger partial charge in [-0.1, -0.05) is 35.2 Å². The van der Waals surface area contributed by atoms with Crippen molar-refractivity contribution in [2.24, 2.45) is 0 Å². The zero-order chi connectivity index (χ0) is 18.7. The molecular formula is C19H27BrN2O3S. The maximum absolute atomic E-state index is 13.0. The zero-order valence-corrected chi connectivity index (χ0v) is 17.6.